The van der Waals surface area contributed by atoms with E-state index in [2.05, 4.69) is 20.9 Å². The van der Waals surface area contributed by atoms with Gasteiger partial charge in [0.05, 0.1) is 36.5 Å². The summed E-state index contributed by atoms with van der Waals surface area (Å²) in [6.45, 7) is 3.39. The smallest absolute Gasteiger partial charge is 0.371 e. The van der Waals surface area contributed by atoms with E-state index >= 15 is 0 Å². The number of benzene rings is 1. The second kappa shape index (κ2) is 10.9. The van der Waals surface area contributed by atoms with Gasteiger partial charge in [0.25, 0.3) is 0 Å². The third kappa shape index (κ3) is 5.32. The Morgan fingerprint density at radius 1 is 1.25 bits per heavy atom. The fourth-order valence-corrected chi connectivity index (χ4v) is 4.87. The summed E-state index contributed by atoms with van der Waals surface area (Å²) in [5, 5.41) is 18.2. The molecule has 5 heterocycles. The number of halogens is 1. The van der Waals surface area contributed by atoms with Gasteiger partial charge < -0.3 is 23.6 Å². The van der Waals surface area contributed by atoms with Gasteiger partial charge in [-0.1, -0.05) is 18.2 Å². The lowest BCUT2D eigenvalue weighted by atomic mass is 10.0. The monoisotopic (exact) mass is 543 g/mol. The Labute approximate surface area is 228 Å². The third-order valence-corrected chi connectivity index (χ3v) is 7.19. The van der Waals surface area contributed by atoms with Gasteiger partial charge in [-0.05, 0) is 36.6 Å². The number of rotatable bonds is 9. The summed E-state index contributed by atoms with van der Waals surface area (Å²) in [6, 6.07) is 13.3. The molecule has 0 bridgehead atoms. The second-order valence-electron chi connectivity index (χ2n) is 9.81. The Kier molecular flexibility index (Phi) is 7.02. The molecule has 0 aliphatic carbocycles. The number of carbonyl (C=O) groups is 1. The number of aromatic nitrogens is 3. The van der Waals surface area contributed by atoms with Crippen LogP contribution in [0.4, 0.5) is 4.39 Å². The molecular weight excluding hydrogens is 517 g/mol. The number of carboxylic acids is 1. The molecule has 1 atom stereocenters. The third-order valence-electron chi connectivity index (χ3n) is 7.19. The summed E-state index contributed by atoms with van der Waals surface area (Å²) in [4.78, 5) is 22.9. The number of hydrogen-bond acceptors (Lipinski definition) is 8. The van der Waals surface area contributed by atoms with Crippen LogP contribution in [0.5, 0.6) is 5.88 Å². The zero-order valence-electron chi connectivity index (χ0n) is 21.5. The molecule has 0 spiro atoms. The van der Waals surface area contributed by atoms with Crippen LogP contribution in [0.3, 0.4) is 0 Å². The van der Waals surface area contributed by atoms with Crippen molar-refractivity contribution in [2.45, 2.75) is 38.6 Å². The van der Waals surface area contributed by atoms with Crippen molar-refractivity contribution < 1.29 is 28.2 Å². The molecule has 1 saturated heterocycles. The number of fused-ring (bicyclic) bond motifs is 1. The van der Waals surface area contributed by atoms with Gasteiger partial charge in [0, 0.05) is 37.4 Å². The highest BCUT2D eigenvalue weighted by Crippen LogP contribution is 2.27. The maximum absolute atomic E-state index is 14.2. The fraction of sp³-hybridized carbons (Fsp3) is 0.310. The van der Waals surface area contributed by atoms with E-state index in [9.17, 15) is 14.3 Å². The van der Waals surface area contributed by atoms with Crippen LogP contribution >= 0.6 is 0 Å². The maximum Gasteiger partial charge on any atom is 0.371 e. The number of carboxylic acid groups (broad SMARTS) is 1. The second-order valence-corrected chi connectivity index (χ2v) is 9.81. The molecule has 1 N–H and O–H groups in total. The van der Waals surface area contributed by atoms with E-state index in [0.717, 1.165) is 43.1 Å². The summed E-state index contributed by atoms with van der Waals surface area (Å²) in [7, 11) is 0. The van der Waals surface area contributed by atoms with E-state index in [-0.39, 0.29) is 24.0 Å². The summed E-state index contributed by atoms with van der Waals surface area (Å²) in [5.74, 6) is -0.529. The SMILES string of the molecule is N#Cc1ccc(COc2cccc(C3=CCN(Cc4nc5oc(C(=O)O)cc5n4CC4CCO4)CC3)n2)c(F)c1. The van der Waals surface area contributed by atoms with E-state index in [1.54, 1.807) is 18.2 Å². The Hall–Kier alpha value is -4.53. The highest BCUT2D eigenvalue weighted by atomic mass is 19.1. The average molecular weight is 544 g/mol. The topological polar surface area (TPSA) is 127 Å². The number of ether oxygens (including phenoxy) is 2. The molecule has 0 radical (unpaired) electrons. The summed E-state index contributed by atoms with van der Waals surface area (Å²) < 4.78 is 33.0. The minimum Gasteiger partial charge on any atom is -0.475 e. The van der Waals surface area contributed by atoms with Crippen molar-refractivity contribution in [1.29, 1.82) is 5.26 Å². The van der Waals surface area contributed by atoms with Gasteiger partial charge in [0.1, 0.15) is 23.8 Å². The molecule has 40 heavy (non-hydrogen) atoms. The zero-order chi connectivity index (χ0) is 27.6. The van der Waals surface area contributed by atoms with Gasteiger partial charge in [-0.25, -0.2) is 14.2 Å². The molecule has 204 valence electrons. The van der Waals surface area contributed by atoms with Crippen molar-refractivity contribution in [3.05, 3.63) is 82.8 Å². The standard InChI is InChI=1S/C29H26FN5O5/c30-22-12-18(14-31)4-5-20(22)17-39-27-3-1-2-23(32-27)19-6-9-34(10-7-19)16-26-33-28-24(13-25(40-28)29(36)37)35(26)15-21-8-11-38-21/h1-6,12-13,21H,7-11,15-17H2,(H,36,37). The minimum absolute atomic E-state index is 0.0101. The Morgan fingerprint density at radius 3 is 2.83 bits per heavy atom. The van der Waals surface area contributed by atoms with Gasteiger partial charge in [0.15, 0.2) is 0 Å². The zero-order valence-corrected chi connectivity index (χ0v) is 21.5. The quantitative estimate of drug-likeness (QED) is 0.327. The Bertz CT molecular complexity index is 1650. The lowest BCUT2D eigenvalue weighted by molar-refractivity contribution is -0.0591. The predicted molar refractivity (Wildman–Crippen MR) is 141 cm³/mol. The van der Waals surface area contributed by atoms with Crippen LogP contribution in [-0.4, -0.2) is 56.3 Å². The van der Waals surface area contributed by atoms with Gasteiger partial charge >= 0.3 is 5.97 Å². The van der Waals surface area contributed by atoms with Crippen LogP contribution < -0.4 is 4.74 Å². The van der Waals surface area contributed by atoms with E-state index in [4.69, 9.17) is 19.2 Å². The normalized spacial score (nSPS) is 17.3. The summed E-state index contributed by atoms with van der Waals surface area (Å²) >= 11 is 0. The van der Waals surface area contributed by atoms with E-state index in [1.807, 2.05) is 22.8 Å². The van der Waals surface area contributed by atoms with Crippen molar-refractivity contribution in [2.24, 2.45) is 0 Å². The predicted octanol–water partition coefficient (Wildman–Crippen LogP) is 4.39. The molecule has 1 aromatic carbocycles. The fourth-order valence-electron chi connectivity index (χ4n) is 4.87. The van der Waals surface area contributed by atoms with Crippen molar-refractivity contribution in [3.8, 4) is 11.9 Å². The molecule has 11 heteroatoms. The summed E-state index contributed by atoms with van der Waals surface area (Å²) in [5.41, 5.74) is 3.50. The molecule has 2 aliphatic rings. The first-order chi connectivity index (χ1) is 19.5. The van der Waals surface area contributed by atoms with Crippen molar-refractivity contribution >= 4 is 22.8 Å². The van der Waals surface area contributed by atoms with Gasteiger partial charge in [0.2, 0.25) is 17.4 Å². The van der Waals surface area contributed by atoms with E-state index in [1.165, 1.54) is 12.1 Å². The van der Waals surface area contributed by atoms with Crippen molar-refractivity contribution in [1.82, 2.24) is 19.4 Å². The average Bonchev–Trinajstić information content (AvgIpc) is 3.49. The molecule has 0 saturated carbocycles. The van der Waals surface area contributed by atoms with E-state index in [0.29, 0.717) is 42.3 Å². The van der Waals surface area contributed by atoms with Crippen LogP contribution in [0.25, 0.3) is 16.8 Å². The van der Waals surface area contributed by atoms with Crippen LogP contribution in [0.1, 0.15) is 46.0 Å². The van der Waals surface area contributed by atoms with Crippen LogP contribution in [-0.2, 0) is 24.4 Å². The minimum atomic E-state index is -1.12. The molecule has 3 aromatic heterocycles. The largest absolute Gasteiger partial charge is 0.475 e. The number of aromatic carboxylic acids is 1. The highest BCUT2D eigenvalue weighted by molar-refractivity contribution is 5.89. The van der Waals surface area contributed by atoms with Crippen LogP contribution in [0, 0.1) is 17.1 Å². The molecule has 6 rings (SSSR count). The Morgan fingerprint density at radius 2 is 2.12 bits per heavy atom. The van der Waals surface area contributed by atoms with Crippen molar-refractivity contribution in [2.75, 3.05) is 19.7 Å². The molecule has 10 nitrogen and oxygen atoms in total. The number of nitriles is 1. The maximum atomic E-state index is 14.2. The molecule has 0 amide bonds. The molecule has 1 unspecified atom stereocenters. The van der Waals surface area contributed by atoms with E-state index < -0.39 is 11.8 Å². The first kappa shape index (κ1) is 25.7. The van der Waals surface area contributed by atoms with Crippen molar-refractivity contribution in [3.63, 3.8) is 0 Å². The van der Waals surface area contributed by atoms with Crippen LogP contribution in [0.2, 0.25) is 0 Å². The number of imidazole rings is 1. The summed E-state index contributed by atoms with van der Waals surface area (Å²) in [6.07, 6.45) is 3.94. The lowest BCUT2D eigenvalue weighted by Gasteiger charge is -2.29. The first-order valence-electron chi connectivity index (χ1n) is 13.0. The Balaban J connectivity index is 1.12. The molecule has 4 aromatic rings. The molecular formula is C29H26FN5O5. The number of furan rings is 1. The highest BCUT2D eigenvalue weighted by Gasteiger charge is 2.26. The van der Waals surface area contributed by atoms with Gasteiger partial charge in [-0.3, -0.25) is 4.90 Å². The lowest BCUT2D eigenvalue weighted by Crippen LogP contribution is -2.33. The number of nitrogens with zero attached hydrogens (tertiary/aromatic N) is 5. The van der Waals surface area contributed by atoms with Gasteiger partial charge in [-0.15, -0.1) is 0 Å². The van der Waals surface area contributed by atoms with Gasteiger partial charge in [-0.2, -0.15) is 10.2 Å². The number of pyridine rings is 1. The molecule has 1 fully saturated rings. The first-order valence-corrected chi connectivity index (χ1v) is 13.0. The molecule has 2 aliphatic heterocycles. The van der Waals surface area contributed by atoms with Crippen LogP contribution in [0.15, 0.2) is 53.0 Å². The number of hydrogen-bond donors (Lipinski definition) is 1.